The first-order chi connectivity index (χ1) is 6.07. The molecule has 0 unspecified atom stereocenters. The Labute approximate surface area is 77.9 Å². The van der Waals surface area contributed by atoms with Gasteiger partial charge in [0.2, 0.25) is 0 Å². The van der Waals surface area contributed by atoms with Gasteiger partial charge in [-0.1, -0.05) is 11.6 Å². The van der Waals surface area contributed by atoms with Crippen molar-refractivity contribution in [3.63, 3.8) is 0 Å². The molecule has 13 heavy (non-hydrogen) atoms. The molecule has 1 rings (SSSR count). The molecular weight excluding hydrogens is 201 g/mol. The van der Waals surface area contributed by atoms with E-state index in [1.165, 1.54) is 7.11 Å². The zero-order valence-electron chi connectivity index (χ0n) is 6.54. The van der Waals surface area contributed by atoms with E-state index in [1.54, 1.807) is 0 Å². The van der Waals surface area contributed by atoms with Crippen LogP contribution < -0.4 is 4.74 Å². The number of nitrogens with zero attached hydrogens (tertiary/aromatic N) is 1. The third-order valence-electron chi connectivity index (χ3n) is 1.34. The van der Waals surface area contributed by atoms with Crippen LogP contribution in [0.25, 0.3) is 0 Å². The molecule has 0 aliphatic heterocycles. The number of carboxylic acids is 1. The zero-order valence-corrected chi connectivity index (χ0v) is 7.30. The molecule has 0 aliphatic rings. The maximum absolute atomic E-state index is 12.8. The Bertz CT molecular complexity index is 356. The molecule has 0 saturated heterocycles. The highest BCUT2D eigenvalue weighted by Gasteiger charge is 2.18. The van der Waals surface area contributed by atoms with Crippen LogP contribution >= 0.6 is 11.6 Å². The highest BCUT2D eigenvalue weighted by atomic mass is 35.5. The monoisotopic (exact) mass is 205 g/mol. The molecule has 0 saturated carbocycles. The highest BCUT2D eigenvalue weighted by Crippen LogP contribution is 2.29. The lowest BCUT2D eigenvalue weighted by Crippen LogP contribution is -2.04. The van der Waals surface area contributed by atoms with Gasteiger partial charge in [-0.15, -0.1) is 0 Å². The van der Waals surface area contributed by atoms with Crippen LogP contribution in [0.3, 0.4) is 0 Å². The molecule has 1 aromatic rings. The molecule has 0 radical (unpaired) electrons. The Kier molecular flexibility index (Phi) is 2.67. The summed E-state index contributed by atoms with van der Waals surface area (Å²) in [4.78, 5) is 13.8. The van der Waals surface area contributed by atoms with E-state index < -0.39 is 17.5 Å². The summed E-state index contributed by atoms with van der Waals surface area (Å²) in [5.41, 5.74) is -0.431. The topological polar surface area (TPSA) is 59.4 Å². The number of aromatic nitrogens is 1. The molecule has 6 heteroatoms. The predicted octanol–water partition coefficient (Wildman–Crippen LogP) is 1.58. The quantitative estimate of drug-likeness (QED) is 0.796. The van der Waals surface area contributed by atoms with E-state index in [4.69, 9.17) is 16.7 Å². The minimum Gasteiger partial charge on any atom is -0.492 e. The Balaban J connectivity index is 3.35. The Morgan fingerprint density at radius 2 is 2.38 bits per heavy atom. The van der Waals surface area contributed by atoms with E-state index in [1.807, 2.05) is 0 Å². The second-order valence-corrected chi connectivity index (χ2v) is 2.49. The molecule has 0 amide bonds. The summed E-state index contributed by atoms with van der Waals surface area (Å²) < 4.78 is 17.4. The minimum atomic E-state index is -1.33. The number of ether oxygens (including phenoxy) is 1. The van der Waals surface area contributed by atoms with Gasteiger partial charge in [-0.2, -0.15) is 0 Å². The molecule has 0 fully saturated rings. The largest absolute Gasteiger partial charge is 0.492 e. The van der Waals surface area contributed by atoms with Crippen LogP contribution in [0.5, 0.6) is 5.75 Å². The third kappa shape index (κ3) is 1.70. The van der Waals surface area contributed by atoms with Crippen LogP contribution in [0.2, 0.25) is 5.02 Å². The van der Waals surface area contributed by atoms with Crippen LogP contribution in [0.15, 0.2) is 6.20 Å². The van der Waals surface area contributed by atoms with Gasteiger partial charge >= 0.3 is 5.97 Å². The van der Waals surface area contributed by atoms with Gasteiger partial charge in [-0.3, -0.25) is 0 Å². The second kappa shape index (κ2) is 3.57. The van der Waals surface area contributed by atoms with Crippen LogP contribution in [0.4, 0.5) is 4.39 Å². The molecule has 1 heterocycles. The van der Waals surface area contributed by atoms with Crippen molar-refractivity contribution < 1.29 is 19.0 Å². The molecule has 0 atom stereocenters. The summed E-state index contributed by atoms with van der Waals surface area (Å²) in [6.45, 7) is 0. The van der Waals surface area contributed by atoms with Gasteiger partial charge in [0.05, 0.1) is 13.3 Å². The Hall–Kier alpha value is -1.36. The third-order valence-corrected chi connectivity index (χ3v) is 1.69. The summed E-state index contributed by atoms with van der Waals surface area (Å²) in [6, 6.07) is 0. The summed E-state index contributed by atoms with van der Waals surface area (Å²) >= 11 is 5.50. The Morgan fingerprint density at radius 1 is 1.77 bits per heavy atom. The van der Waals surface area contributed by atoms with Gasteiger partial charge in [0.25, 0.3) is 0 Å². The lowest BCUT2D eigenvalue weighted by Gasteiger charge is -2.05. The van der Waals surface area contributed by atoms with Crippen LogP contribution in [-0.4, -0.2) is 23.2 Å². The molecule has 1 N–H and O–H groups in total. The number of carbonyl (C=O) groups is 1. The van der Waals surface area contributed by atoms with Crippen molar-refractivity contribution in [3.8, 4) is 5.75 Å². The van der Waals surface area contributed by atoms with Crippen molar-refractivity contribution in [2.24, 2.45) is 0 Å². The van der Waals surface area contributed by atoms with Crippen LogP contribution in [-0.2, 0) is 0 Å². The molecule has 1 aromatic heterocycles. The van der Waals surface area contributed by atoms with E-state index in [-0.39, 0.29) is 10.8 Å². The first kappa shape index (κ1) is 9.73. The number of carboxylic acid groups (broad SMARTS) is 1. The van der Waals surface area contributed by atoms with Crippen molar-refractivity contribution in [1.82, 2.24) is 4.98 Å². The molecule has 70 valence electrons. The van der Waals surface area contributed by atoms with Crippen molar-refractivity contribution in [3.05, 3.63) is 22.7 Å². The summed E-state index contributed by atoms with van der Waals surface area (Å²) in [6.07, 6.45) is 0.744. The van der Waals surface area contributed by atoms with E-state index >= 15 is 0 Å². The van der Waals surface area contributed by atoms with Gasteiger partial charge in [-0.05, 0) is 0 Å². The average Bonchev–Trinajstić information content (AvgIpc) is 2.04. The summed E-state index contributed by atoms with van der Waals surface area (Å²) in [5.74, 6) is -2.44. The van der Waals surface area contributed by atoms with Crippen molar-refractivity contribution in [1.29, 1.82) is 0 Å². The van der Waals surface area contributed by atoms with Crippen LogP contribution in [0, 0.1) is 5.82 Å². The smallest absolute Gasteiger partial charge is 0.356 e. The van der Waals surface area contributed by atoms with Gasteiger partial charge in [0.1, 0.15) is 5.02 Å². The molecule has 0 bridgehead atoms. The van der Waals surface area contributed by atoms with E-state index in [9.17, 15) is 9.18 Å². The SMILES string of the molecule is COc1c(F)cnc(C(=O)O)c1Cl. The normalized spacial score (nSPS) is 9.77. The number of halogens is 2. The van der Waals surface area contributed by atoms with E-state index in [0.29, 0.717) is 0 Å². The number of aromatic carboxylic acids is 1. The van der Waals surface area contributed by atoms with E-state index in [0.717, 1.165) is 6.20 Å². The maximum Gasteiger partial charge on any atom is 0.356 e. The molecule has 0 aliphatic carbocycles. The molecule has 4 nitrogen and oxygen atoms in total. The second-order valence-electron chi connectivity index (χ2n) is 2.11. The zero-order chi connectivity index (χ0) is 10.0. The Morgan fingerprint density at radius 3 is 2.85 bits per heavy atom. The maximum atomic E-state index is 12.8. The average molecular weight is 206 g/mol. The van der Waals surface area contributed by atoms with Gasteiger partial charge in [0.15, 0.2) is 17.3 Å². The molecular formula is C7H5ClFNO3. The number of rotatable bonds is 2. The fourth-order valence-electron chi connectivity index (χ4n) is 0.785. The number of hydrogen-bond acceptors (Lipinski definition) is 3. The first-order valence-electron chi connectivity index (χ1n) is 3.19. The molecule has 0 spiro atoms. The summed E-state index contributed by atoms with van der Waals surface area (Å²) in [7, 11) is 1.19. The lowest BCUT2D eigenvalue weighted by molar-refractivity contribution is 0.0690. The van der Waals surface area contributed by atoms with Crippen molar-refractivity contribution in [2.75, 3.05) is 7.11 Å². The number of hydrogen-bond donors (Lipinski definition) is 1. The van der Waals surface area contributed by atoms with Gasteiger partial charge in [-0.25, -0.2) is 14.2 Å². The highest BCUT2D eigenvalue weighted by molar-refractivity contribution is 6.34. The van der Waals surface area contributed by atoms with E-state index in [2.05, 4.69) is 9.72 Å². The van der Waals surface area contributed by atoms with Crippen LogP contribution in [0.1, 0.15) is 10.5 Å². The number of methoxy groups -OCH3 is 1. The standard InChI is InChI=1S/C7H5ClFNO3/c1-13-6-3(9)2-10-5(4(6)8)7(11)12/h2H,1H3,(H,11,12). The fraction of sp³-hybridized carbons (Fsp3) is 0.143. The number of pyridine rings is 1. The fourth-order valence-corrected chi connectivity index (χ4v) is 1.08. The van der Waals surface area contributed by atoms with Crippen molar-refractivity contribution >= 4 is 17.6 Å². The minimum absolute atomic E-state index is 0.311. The molecule has 0 aromatic carbocycles. The van der Waals surface area contributed by atoms with Crippen molar-refractivity contribution in [2.45, 2.75) is 0 Å². The van der Waals surface area contributed by atoms with Gasteiger partial charge in [0, 0.05) is 0 Å². The predicted molar refractivity (Wildman–Crippen MR) is 42.7 cm³/mol. The summed E-state index contributed by atoms with van der Waals surface area (Å²) in [5, 5.41) is 8.21. The lowest BCUT2D eigenvalue weighted by atomic mass is 10.3. The van der Waals surface area contributed by atoms with Gasteiger partial charge < -0.3 is 9.84 Å². The first-order valence-corrected chi connectivity index (χ1v) is 3.57.